The largest absolute Gasteiger partial charge is 0.490 e. The summed E-state index contributed by atoms with van der Waals surface area (Å²) in [6.45, 7) is 6.21. The first-order valence-corrected chi connectivity index (χ1v) is 8.40. The van der Waals surface area contributed by atoms with Crippen molar-refractivity contribution in [1.82, 2.24) is 14.7 Å². The molecule has 1 saturated heterocycles. The van der Waals surface area contributed by atoms with Crippen LogP contribution < -0.4 is 4.74 Å². The van der Waals surface area contributed by atoms with Crippen molar-refractivity contribution in [2.45, 2.75) is 38.8 Å². The number of piperidine rings is 1. The first-order valence-electron chi connectivity index (χ1n) is 8.40. The van der Waals surface area contributed by atoms with Crippen molar-refractivity contribution in [1.29, 1.82) is 0 Å². The summed E-state index contributed by atoms with van der Waals surface area (Å²) in [7, 11) is 0. The van der Waals surface area contributed by atoms with Crippen LogP contribution in [-0.2, 0) is 13.0 Å². The summed E-state index contributed by atoms with van der Waals surface area (Å²) in [6, 6.07) is 8.40. The highest BCUT2D eigenvalue weighted by Crippen LogP contribution is 2.19. The normalized spacial score (nSPS) is 16.6. The van der Waals surface area contributed by atoms with E-state index in [9.17, 15) is 4.39 Å². The van der Waals surface area contributed by atoms with Crippen LogP contribution in [0.4, 0.5) is 4.39 Å². The van der Waals surface area contributed by atoms with Gasteiger partial charge in [-0.3, -0.25) is 4.68 Å². The Kier molecular flexibility index (Phi) is 5.28. The zero-order valence-electron chi connectivity index (χ0n) is 13.6. The highest BCUT2D eigenvalue weighted by molar-refractivity contribution is 5.22. The molecule has 124 valence electrons. The first-order chi connectivity index (χ1) is 11.2. The lowest BCUT2D eigenvalue weighted by Crippen LogP contribution is -2.39. The standard InChI is InChI=1S/C18H24FN3O/c1-2-22-16(7-11-20-22)8-12-21-13-9-18(10-14-21)23-17-5-3-15(19)4-6-17/h3-7,11,18H,2,8-10,12-14H2,1H3. The Morgan fingerprint density at radius 2 is 1.91 bits per heavy atom. The van der Waals surface area contributed by atoms with E-state index in [1.54, 1.807) is 12.1 Å². The van der Waals surface area contributed by atoms with Crippen molar-refractivity contribution in [2.75, 3.05) is 19.6 Å². The monoisotopic (exact) mass is 317 g/mol. The van der Waals surface area contributed by atoms with Crippen LogP contribution in [0.25, 0.3) is 0 Å². The molecule has 1 fully saturated rings. The molecule has 0 amide bonds. The molecule has 5 heteroatoms. The summed E-state index contributed by atoms with van der Waals surface area (Å²) in [4.78, 5) is 2.48. The third kappa shape index (κ3) is 4.32. The van der Waals surface area contributed by atoms with Gasteiger partial charge in [0.2, 0.25) is 0 Å². The van der Waals surface area contributed by atoms with Crippen LogP contribution in [0.3, 0.4) is 0 Å². The maximum atomic E-state index is 12.9. The Bertz CT molecular complexity index is 603. The SMILES string of the molecule is CCn1nccc1CCN1CCC(Oc2ccc(F)cc2)CC1. The molecule has 0 aliphatic carbocycles. The van der Waals surface area contributed by atoms with E-state index in [-0.39, 0.29) is 11.9 Å². The van der Waals surface area contributed by atoms with Crippen molar-refractivity contribution in [3.8, 4) is 5.75 Å². The summed E-state index contributed by atoms with van der Waals surface area (Å²) in [5, 5.41) is 4.31. The Labute approximate surface area is 136 Å². The fourth-order valence-corrected chi connectivity index (χ4v) is 3.09. The van der Waals surface area contributed by atoms with Crippen LogP contribution in [-0.4, -0.2) is 40.4 Å². The Hall–Kier alpha value is -1.88. The fraction of sp³-hybridized carbons (Fsp3) is 0.500. The smallest absolute Gasteiger partial charge is 0.123 e. The summed E-state index contributed by atoms with van der Waals surface area (Å²) in [5.74, 6) is 0.537. The van der Waals surface area contributed by atoms with Gasteiger partial charge in [0.05, 0.1) is 0 Å². The van der Waals surface area contributed by atoms with Gasteiger partial charge in [-0.15, -0.1) is 0 Å². The van der Waals surface area contributed by atoms with Gasteiger partial charge >= 0.3 is 0 Å². The lowest BCUT2D eigenvalue weighted by atomic mass is 10.1. The minimum absolute atomic E-state index is 0.224. The second kappa shape index (κ2) is 7.59. The molecule has 1 aromatic heterocycles. The number of nitrogens with zero attached hydrogens (tertiary/aromatic N) is 3. The zero-order valence-corrected chi connectivity index (χ0v) is 13.6. The van der Waals surface area contributed by atoms with Crippen molar-refractivity contribution < 1.29 is 9.13 Å². The molecule has 0 spiro atoms. The molecule has 0 N–H and O–H groups in total. The van der Waals surface area contributed by atoms with Crippen molar-refractivity contribution >= 4 is 0 Å². The second-order valence-corrected chi connectivity index (χ2v) is 6.00. The highest BCUT2D eigenvalue weighted by atomic mass is 19.1. The van der Waals surface area contributed by atoms with Gasteiger partial charge in [0.25, 0.3) is 0 Å². The molecule has 2 heterocycles. The first kappa shape index (κ1) is 16.0. The van der Waals surface area contributed by atoms with Gasteiger partial charge in [-0.05, 0) is 50.1 Å². The fourth-order valence-electron chi connectivity index (χ4n) is 3.09. The highest BCUT2D eigenvalue weighted by Gasteiger charge is 2.20. The third-order valence-electron chi connectivity index (χ3n) is 4.44. The molecule has 1 aliphatic rings. The summed E-state index contributed by atoms with van der Waals surface area (Å²) >= 11 is 0. The number of hydrogen-bond acceptors (Lipinski definition) is 3. The number of aromatic nitrogens is 2. The number of ether oxygens (including phenoxy) is 1. The van der Waals surface area contributed by atoms with E-state index in [1.807, 2.05) is 6.20 Å². The van der Waals surface area contributed by atoms with Crippen molar-refractivity contribution in [2.24, 2.45) is 0 Å². The van der Waals surface area contributed by atoms with Gasteiger partial charge in [-0.1, -0.05) is 0 Å². The molecule has 4 nitrogen and oxygen atoms in total. The van der Waals surface area contributed by atoms with E-state index >= 15 is 0 Å². The van der Waals surface area contributed by atoms with Crippen LogP contribution >= 0.6 is 0 Å². The number of rotatable bonds is 6. The molecule has 0 atom stereocenters. The summed E-state index contributed by atoms with van der Waals surface area (Å²) in [5.41, 5.74) is 1.30. The molecule has 2 aromatic rings. The molecule has 0 bridgehead atoms. The molecule has 0 unspecified atom stereocenters. The van der Waals surface area contributed by atoms with Gasteiger partial charge in [-0.2, -0.15) is 5.10 Å². The van der Waals surface area contributed by atoms with E-state index in [0.717, 1.165) is 51.2 Å². The predicted octanol–water partition coefficient (Wildman–Crippen LogP) is 3.13. The third-order valence-corrected chi connectivity index (χ3v) is 4.44. The molecule has 0 radical (unpaired) electrons. The average molecular weight is 317 g/mol. The molecular weight excluding hydrogens is 293 g/mol. The topological polar surface area (TPSA) is 30.3 Å². The molecule has 1 aliphatic heterocycles. The maximum absolute atomic E-state index is 12.9. The van der Waals surface area contributed by atoms with Crippen molar-refractivity contribution in [3.05, 3.63) is 48.0 Å². The molecule has 0 saturated carbocycles. The quantitative estimate of drug-likeness (QED) is 0.820. The molecule has 23 heavy (non-hydrogen) atoms. The Morgan fingerprint density at radius 3 is 2.61 bits per heavy atom. The van der Waals surface area contributed by atoms with E-state index < -0.39 is 0 Å². The minimum Gasteiger partial charge on any atom is -0.490 e. The summed E-state index contributed by atoms with van der Waals surface area (Å²) < 4.78 is 20.9. The van der Waals surface area contributed by atoms with Gasteiger partial charge in [-0.25, -0.2) is 4.39 Å². The van der Waals surface area contributed by atoms with E-state index in [1.165, 1.54) is 17.8 Å². The van der Waals surface area contributed by atoms with E-state index in [0.29, 0.717) is 0 Å². The van der Waals surface area contributed by atoms with Gasteiger partial charge in [0.15, 0.2) is 0 Å². The van der Waals surface area contributed by atoms with Crippen molar-refractivity contribution in [3.63, 3.8) is 0 Å². The number of hydrogen-bond donors (Lipinski definition) is 0. The number of aryl methyl sites for hydroxylation is 1. The molecular formula is C18H24FN3O. The lowest BCUT2D eigenvalue weighted by Gasteiger charge is -2.32. The Morgan fingerprint density at radius 1 is 1.17 bits per heavy atom. The van der Waals surface area contributed by atoms with Crippen LogP contribution in [0.15, 0.2) is 36.5 Å². The van der Waals surface area contributed by atoms with Crippen LogP contribution in [0.1, 0.15) is 25.5 Å². The second-order valence-electron chi connectivity index (χ2n) is 6.00. The van der Waals surface area contributed by atoms with Gasteiger partial charge in [0.1, 0.15) is 17.7 Å². The van der Waals surface area contributed by atoms with Gasteiger partial charge in [0, 0.05) is 44.5 Å². The van der Waals surface area contributed by atoms with Gasteiger partial charge < -0.3 is 9.64 Å². The van der Waals surface area contributed by atoms with Crippen LogP contribution in [0, 0.1) is 5.82 Å². The lowest BCUT2D eigenvalue weighted by molar-refractivity contribution is 0.101. The number of likely N-dealkylation sites (tertiary alicyclic amines) is 1. The molecule has 3 rings (SSSR count). The number of halogens is 1. The predicted molar refractivity (Wildman–Crippen MR) is 88.1 cm³/mol. The summed E-state index contributed by atoms with van der Waals surface area (Å²) in [6.07, 6.45) is 5.19. The van der Waals surface area contributed by atoms with E-state index in [2.05, 4.69) is 27.7 Å². The minimum atomic E-state index is -0.224. The van der Waals surface area contributed by atoms with E-state index in [4.69, 9.17) is 4.74 Å². The van der Waals surface area contributed by atoms with Crippen LogP contribution in [0.5, 0.6) is 5.75 Å². The number of benzene rings is 1. The molecule has 1 aromatic carbocycles. The Balaban J connectivity index is 1.42. The van der Waals surface area contributed by atoms with Crippen LogP contribution in [0.2, 0.25) is 0 Å². The zero-order chi connectivity index (χ0) is 16.1. The average Bonchev–Trinajstić information content (AvgIpc) is 3.04. The maximum Gasteiger partial charge on any atom is 0.123 e.